The van der Waals surface area contributed by atoms with Crippen LogP contribution in [0.5, 0.6) is 0 Å². The fraction of sp³-hybridized carbons (Fsp3) is 0.263. The highest BCUT2D eigenvalue weighted by molar-refractivity contribution is 6.36. The van der Waals surface area contributed by atoms with Gasteiger partial charge in [-0.2, -0.15) is 0 Å². The highest BCUT2D eigenvalue weighted by atomic mass is 35.5. The number of hydrogen-bond donors (Lipinski definition) is 0. The molecule has 0 radical (unpaired) electrons. The van der Waals surface area contributed by atoms with E-state index in [4.69, 9.17) is 11.6 Å². The average Bonchev–Trinajstić information content (AvgIpc) is 2.62. The van der Waals surface area contributed by atoms with E-state index < -0.39 is 0 Å². The van der Waals surface area contributed by atoms with Crippen molar-refractivity contribution in [3.63, 3.8) is 0 Å². The van der Waals surface area contributed by atoms with Crippen molar-refractivity contribution in [3.05, 3.63) is 65.2 Å². The average molecular weight is 357 g/mol. The molecule has 0 aliphatic carbocycles. The van der Waals surface area contributed by atoms with Crippen LogP contribution >= 0.6 is 11.6 Å². The van der Waals surface area contributed by atoms with Gasteiger partial charge in [-0.15, -0.1) is 0 Å². The molecule has 0 bridgehead atoms. The van der Waals surface area contributed by atoms with Crippen LogP contribution < -0.4 is 4.90 Å². The van der Waals surface area contributed by atoms with Crippen LogP contribution in [0.3, 0.4) is 0 Å². The zero-order chi connectivity index (χ0) is 17.2. The zero-order valence-electron chi connectivity index (χ0n) is 13.7. The van der Waals surface area contributed by atoms with E-state index in [2.05, 4.69) is 19.8 Å². The number of rotatable bonds is 3. The van der Waals surface area contributed by atoms with Crippen LogP contribution in [0.4, 0.5) is 10.2 Å². The first-order valence-electron chi connectivity index (χ1n) is 8.32. The molecule has 6 heteroatoms. The molecule has 1 fully saturated rings. The third kappa shape index (κ3) is 3.43. The van der Waals surface area contributed by atoms with Crippen LogP contribution in [0.25, 0.3) is 10.9 Å². The molecule has 2 heterocycles. The van der Waals surface area contributed by atoms with Crippen molar-refractivity contribution >= 4 is 28.3 Å². The molecule has 128 valence electrons. The Morgan fingerprint density at radius 2 is 1.80 bits per heavy atom. The molecule has 0 saturated carbocycles. The molecule has 1 saturated heterocycles. The van der Waals surface area contributed by atoms with E-state index in [1.165, 1.54) is 6.07 Å². The minimum Gasteiger partial charge on any atom is -0.353 e. The van der Waals surface area contributed by atoms with Gasteiger partial charge in [-0.1, -0.05) is 29.8 Å². The first kappa shape index (κ1) is 16.2. The van der Waals surface area contributed by atoms with E-state index >= 15 is 0 Å². The second kappa shape index (κ2) is 6.94. The van der Waals surface area contributed by atoms with Gasteiger partial charge in [0.05, 0.1) is 15.9 Å². The number of fused-ring (bicyclic) bond motifs is 1. The quantitative estimate of drug-likeness (QED) is 0.715. The largest absolute Gasteiger partial charge is 0.353 e. The monoisotopic (exact) mass is 356 g/mol. The lowest BCUT2D eigenvalue weighted by Gasteiger charge is -2.35. The SMILES string of the molecule is Fc1cccc(CN2CCN(c3ncnc4cccc(Cl)c34)CC2)c1. The van der Waals surface area contributed by atoms with Crippen LogP contribution in [-0.4, -0.2) is 41.0 Å². The van der Waals surface area contributed by atoms with Gasteiger partial charge < -0.3 is 4.90 Å². The third-order valence-corrected chi connectivity index (χ3v) is 4.87. The standard InChI is InChI=1S/C19H18ClFN4/c20-16-5-2-6-17-18(16)19(23-13-22-17)25-9-7-24(8-10-25)12-14-3-1-4-15(21)11-14/h1-6,11,13H,7-10,12H2. The first-order chi connectivity index (χ1) is 12.2. The Hall–Kier alpha value is -2.24. The summed E-state index contributed by atoms with van der Waals surface area (Å²) in [5.74, 6) is 0.708. The minimum absolute atomic E-state index is 0.182. The molecule has 1 aliphatic heterocycles. The topological polar surface area (TPSA) is 32.3 Å². The van der Waals surface area contributed by atoms with Crippen LogP contribution in [0, 0.1) is 5.82 Å². The summed E-state index contributed by atoms with van der Waals surface area (Å²) in [6, 6.07) is 12.5. The Kier molecular flexibility index (Phi) is 4.51. The Balaban J connectivity index is 1.49. The number of halogens is 2. The molecule has 4 nitrogen and oxygen atoms in total. The van der Waals surface area contributed by atoms with Crippen LogP contribution in [-0.2, 0) is 6.54 Å². The fourth-order valence-electron chi connectivity index (χ4n) is 3.30. The lowest BCUT2D eigenvalue weighted by Crippen LogP contribution is -2.46. The second-order valence-corrected chi connectivity index (χ2v) is 6.63. The van der Waals surface area contributed by atoms with Gasteiger partial charge in [0.25, 0.3) is 0 Å². The summed E-state index contributed by atoms with van der Waals surface area (Å²) in [7, 11) is 0. The molecule has 1 aromatic heterocycles. The number of piperazine rings is 1. The fourth-order valence-corrected chi connectivity index (χ4v) is 3.56. The van der Waals surface area contributed by atoms with Gasteiger partial charge in [-0.3, -0.25) is 4.90 Å². The molecule has 3 aromatic rings. The number of hydrogen-bond acceptors (Lipinski definition) is 4. The number of aromatic nitrogens is 2. The number of anilines is 1. The summed E-state index contributed by atoms with van der Waals surface area (Å²) < 4.78 is 13.3. The van der Waals surface area contributed by atoms with E-state index in [0.29, 0.717) is 5.02 Å². The lowest BCUT2D eigenvalue weighted by atomic mass is 10.1. The van der Waals surface area contributed by atoms with Gasteiger partial charge in [0.2, 0.25) is 0 Å². The van der Waals surface area contributed by atoms with Crippen molar-refractivity contribution in [1.29, 1.82) is 0 Å². The van der Waals surface area contributed by atoms with Crippen molar-refractivity contribution < 1.29 is 4.39 Å². The predicted octanol–water partition coefficient (Wildman–Crippen LogP) is 3.74. The molecule has 0 amide bonds. The highest BCUT2D eigenvalue weighted by Crippen LogP contribution is 2.30. The van der Waals surface area contributed by atoms with Gasteiger partial charge in [0.1, 0.15) is 18.0 Å². The molecular formula is C19H18ClFN4. The summed E-state index contributed by atoms with van der Waals surface area (Å²) in [4.78, 5) is 13.4. The van der Waals surface area contributed by atoms with Gasteiger partial charge in [-0.05, 0) is 29.8 Å². The van der Waals surface area contributed by atoms with Crippen LogP contribution in [0.1, 0.15) is 5.56 Å². The Morgan fingerprint density at radius 1 is 1.00 bits per heavy atom. The molecule has 1 aliphatic rings. The molecule has 0 unspecified atom stereocenters. The van der Waals surface area contributed by atoms with Crippen molar-refractivity contribution in [2.45, 2.75) is 6.54 Å². The first-order valence-corrected chi connectivity index (χ1v) is 8.69. The van der Waals surface area contributed by atoms with Gasteiger partial charge in [0, 0.05) is 32.7 Å². The molecule has 0 atom stereocenters. The van der Waals surface area contributed by atoms with Crippen molar-refractivity contribution in [1.82, 2.24) is 14.9 Å². The van der Waals surface area contributed by atoms with Gasteiger partial charge in [0.15, 0.2) is 0 Å². The van der Waals surface area contributed by atoms with Crippen molar-refractivity contribution in [2.75, 3.05) is 31.1 Å². The zero-order valence-corrected chi connectivity index (χ0v) is 14.5. The third-order valence-electron chi connectivity index (χ3n) is 4.56. The second-order valence-electron chi connectivity index (χ2n) is 6.22. The highest BCUT2D eigenvalue weighted by Gasteiger charge is 2.21. The van der Waals surface area contributed by atoms with Gasteiger partial charge in [-0.25, -0.2) is 14.4 Å². The van der Waals surface area contributed by atoms with E-state index in [0.717, 1.165) is 55.0 Å². The number of benzene rings is 2. The summed E-state index contributed by atoms with van der Waals surface area (Å²) in [5.41, 5.74) is 1.86. The van der Waals surface area contributed by atoms with E-state index in [1.807, 2.05) is 24.3 Å². The van der Waals surface area contributed by atoms with Crippen molar-refractivity contribution in [3.8, 4) is 0 Å². The number of nitrogens with zero attached hydrogens (tertiary/aromatic N) is 4. The summed E-state index contributed by atoms with van der Waals surface area (Å²) >= 11 is 6.38. The van der Waals surface area contributed by atoms with E-state index in [-0.39, 0.29) is 5.82 Å². The van der Waals surface area contributed by atoms with Gasteiger partial charge >= 0.3 is 0 Å². The molecular weight excluding hydrogens is 339 g/mol. The smallest absolute Gasteiger partial charge is 0.141 e. The minimum atomic E-state index is -0.182. The molecule has 0 spiro atoms. The molecule has 2 aromatic carbocycles. The van der Waals surface area contributed by atoms with E-state index in [1.54, 1.807) is 18.5 Å². The van der Waals surface area contributed by atoms with Crippen LogP contribution in [0.2, 0.25) is 5.02 Å². The Labute approximate surface area is 150 Å². The maximum Gasteiger partial charge on any atom is 0.141 e. The van der Waals surface area contributed by atoms with Crippen LogP contribution in [0.15, 0.2) is 48.8 Å². The summed E-state index contributed by atoms with van der Waals surface area (Å²) in [5, 5.41) is 1.58. The molecule has 4 rings (SSSR count). The molecule has 25 heavy (non-hydrogen) atoms. The maximum absolute atomic E-state index is 13.3. The summed E-state index contributed by atoms with van der Waals surface area (Å²) in [6.07, 6.45) is 1.59. The molecule has 0 N–H and O–H groups in total. The Morgan fingerprint density at radius 3 is 2.60 bits per heavy atom. The van der Waals surface area contributed by atoms with E-state index in [9.17, 15) is 4.39 Å². The predicted molar refractivity (Wildman–Crippen MR) is 98.4 cm³/mol. The lowest BCUT2D eigenvalue weighted by molar-refractivity contribution is 0.249. The normalized spacial score (nSPS) is 15.7. The summed E-state index contributed by atoms with van der Waals surface area (Å²) in [6.45, 7) is 4.26. The van der Waals surface area contributed by atoms with Crippen molar-refractivity contribution in [2.24, 2.45) is 0 Å². The Bertz CT molecular complexity index is 888. The maximum atomic E-state index is 13.3.